The maximum atomic E-state index is 13.7. The molecule has 3 aromatic rings. The quantitative estimate of drug-likeness (QED) is 0.455. The molecule has 9 nitrogen and oxygen atoms in total. The second-order valence-electron chi connectivity index (χ2n) is 9.07. The number of carbonyl (C=O) groups is 3. The van der Waals surface area contributed by atoms with E-state index in [1.165, 1.54) is 4.90 Å². The van der Waals surface area contributed by atoms with Crippen LogP contribution in [0, 0.1) is 12.8 Å². The zero-order valence-corrected chi connectivity index (χ0v) is 21.6. The molecule has 4 rings (SSSR count). The van der Waals surface area contributed by atoms with Gasteiger partial charge in [0.1, 0.15) is 11.9 Å². The number of rotatable bonds is 7. The number of hydrogen-bond acceptors (Lipinski definition) is 6. The molecule has 1 aromatic carbocycles. The van der Waals surface area contributed by atoms with Crippen LogP contribution in [0.4, 0.5) is 16.3 Å². The summed E-state index contributed by atoms with van der Waals surface area (Å²) in [4.78, 5) is 51.0. The highest BCUT2D eigenvalue weighted by molar-refractivity contribution is 6.30. The zero-order valence-electron chi connectivity index (χ0n) is 20.9. The molecule has 1 saturated heterocycles. The highest BCUT2D eigenvalue weighted by Gasteiger charge is 2.55. The van der Waals surface area contributed by atoms with E-state index in [0.29, 0.717) is 28.6 Å². The number of β-lactam (4-membered cyclic amide) rings is 1. The van der Waals surface area contributed by atoms with Gasteiger partial charge in [0.05, 0.1) is 12.0 Å². The van der Waals surface area contributed by atoms with Crippen LogP contribution in [0.3, 0.4) is 0 Å². The average Bonchev–Trinajstić information content (AvgIpc) is 2.87. The van der Waals surface area contributed by atoms with Crippen LogP contribution in [0.2, 0.25) is 5.02 Å². The van der Waals surface area contributed by atoms with E-state index < -0.39 is 23.9 Å². The van der Waals surface area contributed by atoms with Crippen LogP contribution in [0.15, 0.2) is 60.9 Å². The number of likely N-dealkylation sites (N-methyl/N-ethyl adjacent to an activating group) is 1. The first-order valence-corrected chi connectivity index (χ1v) is 12.4. The number of likely N-dealkylation sites (tertiary alicyclic amines) is 1. The van der Waals surface area contributed by atoms with Crippen molar-refractivity contribution in [3.8, 4) is 0 Å². The second kappa shape index (κ2) is 11.0. The van der Waals surface area contributed by atoms with Crippen LogP contribution in [-0.4, -0.2) is 45.8 Å². The summed E-state index contributed by atoms with van der Waals surface area (Å²) in [5.74, 6) is -1.19. The van der Waals surface area contributed by atoms with E-state index in [2.05, 4.69) is 15.3 Å². The molecule has 0 unspecified atom stereocenters. The lowest BCUT2D eigenvalue weighted by Crippen LogP contribution is -2.70. The summed E-state index contributed by atoms with van der Waals surface area (Å²) in [5, 5.41) is 3.45. The third-order valence-corrected chi connectivity index (χ3v) is 6.75. The molecule has 3 heterocycles. The third kappa shape index (κ3) is 5.56. The predicted molar refractivity (Wildman–Crippen MR) is 142 cm³/mol. The molecular weight excluding hydrogens is 492 g/mol. The number of imide groups is 1. The van der Waals surface area contributed by atoms with E-state index in [-0.39, 0.29) is 18.4 Å². The first-order chi connectivity index (χ1) is 17.7. The lowest BCUT2D eigenvalue weighted by molar-refractivity contribution is -0.156. The van der Waals surface area contributed by atoms with Gasteiger partial charge < -0.3 is 16.0 Å². The number of nitrogens with one attached hydrogen (secondary N) is 1. The molecule has 3 N–H and O–H groups in total. The van der Waals surface area contributed by atoms with Gasteiger partial charge in [-0.3, -0.25) is 19.5 Å². The van der Waals surface area contributed by atoms with Gasteiger partial charge in [-0.05, 0) is 67.3 Å². The first kappa shape index (κ1) is 26.1. The minimum Gasteiger partial charge on any atom is -0.384 e. The van der Waals surface area contributed by atoms with Crippen molar-refractivity contribution >= 4 is 41.0 Å². The molecular formula is C27H29ClN6O3. The van der Waals surface area contributed by atoms with E-state index in [0.717, 1.165) is 16.0 Å². The monoisotopic (exact) mass is 520 g/mol. The van der Waals surface area contributed by atoms with Gasteiger partial charge in [0, 0.05) is 35.8 Å². The van der Waals surface area contributed by atoms with E-state index >= 15 is 0 Å². The minimum atomic E-state index is -0.989. The Morgan fingerprint density at radius 2 is 1.92 bits per heavy atom. The van der Waals surface area contributed by atoms with Crippen LogP contribution in [0.1, 0.15) is 36.2 Å². The number of pyridine rings is 2. The number of nitrogens with zero attached hydrogens (tertiary/aromatic N) is 4. The fourth-order valence-electron chi connectivity index (χ4n) is 4.65. The fourth-order valence-corrected chi connectivity index (χ4v) is 4.85. The van der Waals surface area contributed by atoms with Crippen molar-refractivity contribution in [3.63, 3.8) is 0 Å². The first-order valence-electron chi connectivity index (χ1n) is 12.0. The van der Waals surface area contributed by atoms with Gasteiger partial charge in [-0.25, -0.2) is 9.78 Å². The number of benzene rings is 1. The Morgan fingerprint density at radius 1 is 1.19 bits per heavy atom. The van der Waals surface area contributed by atoms with E-state index in [4.69, 9.17) is 17.3 Å². The Bertz CT molecular complexity index is 1300. The molecule has 37 heavy (non-hydrogen) atoms. The summed E-state index contributed by atoms with van der Waals surface area (Å²) in [6, 6.07) is 12.1. The van der Waals surface area contributed by atoms with Crippen LogP contribution >= 0.6 is 11.6 Å². The van der Waals surface area contributed by atoms with Gasteiger partial charge in [0.15, 0.2) is 0 Å². The molecule has 2 aromatic heterocycles. The van der Waals surface area contributed by atoms with E-state index in [1.54, 1.807) is 55.8 Å². The number of hydrogen-bond donors (Lipinski definition) is 2. The van der Waals surface area contributed by atoms with Gasteiger partial charge in [-0.1, -0.05) is 30.7 Å². The normalized spacial score (nSPS) is 17.6. The Kier molecular flexibility index (Phi) is 7.73. The molecule has 10 heteroatoms. The summed E-state index contributed by atoms with van der Waals surface area (Å²) in [7, 11) is 1.61. The summed E-state index contributed by atoms with van der Waals surface area (Å²) in [6.45, 7) is 3.73. The lowest BCUT2D eigenvalue weighted by Gasteiger charge is -2.46. The standard InChI is InChI=1S/C27H29ClN6O3/c1-4-22(18-6-5-7-19(28)15-18)32-27(37)34-24(26(36)33(3)20-8-10-30-11-9-20)21(25(34)35)13-17-12-16(2)31-23(29)14-17/h5-12,14-15,21-22,24H,4,13H2,1-3H3,(H2,29,31)(H,32,37)/t21-,22-,24+/m1/s1. The molecule has 1 aliphatic rings. The van der Waals surface area contributed by atoms with Crippen molar-refractivity contribution in [1.29, 1.82) is 0 Å². The maximum absolute atomic E-state index is 13.7. The van der Waals surface area contributed by atoms with Crippen LogP contribution in [-0.2, 0) is 16.0 Å². The van der Waals surface area contributed by atoms with Crippen molar-refractivity contribution in [3.05, 3.63) is 82.8 Å². The number of aryl methyl sites for hydroxylation is 1. The SMILES string of the molecule is CC[C@@H](NC(=O)N1C(=O)[C@H](Cc2cc(C)nc(N)c2)[C@H]1C(=O)N(C)c1ccncc1)c1cccc(Cl)c1. The van der Waals surface area contributed by atoms with Crippen molar-refractivity contribution in [2.45, 2.75) is 38.8 Å². The number of nitrogen functional groups attached to an aromatic ring is 1. The van der Waals surface area contributed by atoms with Crippen LogP contribution in [0.5, 0.6) is 0 Å². The molecule has 0 bridgehead atoms. The maximum Gasteiger partial charge on any atom is 0.325 e. The molecule has 192 valence electrons. The number of urea groups is 1. The largest absolute Gasteiger partial charge is 0.384 e. The Hall–Kier alpha value is -3.98. The molecule has 0 spiro atoms. The Balaban J connectivity index is 1.61. The van der Waals surface area contributed by atoms with Crippen molar-refractivity contribution in [1.82, 2.24) is 20.2 Å². The second-order valence-corrected chi connectivity index (χ2v) is 9.51. The summed E-state index contributed by atoms with van der Waals surface area (Å²) in [5.41, 5.74) is 8.80. The number of carbonyl (C=O) groups excluding carboxylic acids is 3. The summed E-state index contributed by atoms with van der Waals surface area (Å²) in [6.07, 6.45) is 3.98. The van der Waals surface area contributed by atoms with Gasteiger partial charge >= 0.3 is 6.03 Å². The van der Waals surface area contributed by atoms with Crippen LogP contribution in [0.25, 0.3) is 0 Å². The molecule has 1 fully saturated rings. The molecule has 0 aliphatic carbocycles. The predicted octanol–water partition coefficient (Wildman–Crippen LogP) is 3.91. The average molecular weight is 521 g/mol. The van der Waals surface area contributed by atoms with Crippen molar-refractivity contribution < 1.29 is 14.4 Å². The number of anilines is 2. The summed E-state index contributed by atoms with van der Waals surface area (Å²) >= 11 is 6.14. The summed E-state index contributed by atoms with van der Waals surface area (Å²) < 4.78 is 0. The van der Waals surface area contributed by atoms with Gasteiger partial charge in [0.25, 0.3) is 5.91 Å². The zero-order chi connectivity index (χ0) is 26.7. The number of nitrogens with two attached hydrogens (primary N) is 1. The third-order valence-electron chi connectivity index (χ3n) is 6.51. The van der Waals surface area contributed by atoms with Gasteiger partial charge in [-0.15, -0.1) is 0 Å². The Morgan fingerprint density at radius 3 is 2.57 bits per heavy atom. The lowest BCUT2D eigenvalue weighted by atomic mass is 9.81. The number of amides is 4. The smallest absolute Gasteiger partial charge is 0.325 e. The van der Waals surface area contributed by atoms with E-state index in [9.17, 15) is 14.4 Å². The minimum absolute atomic E-state index is 0.252. The van der Waals surface area contributed by atoms with Crippen molar-refractivity contribution in [2.75, 3.05) is 17.7 Å². The number of halogens is 1. The molecule has 0 saturated carbocycles. The molecule has 4 amide bonds. The molecule has 3 atom stereocenters. The van der Waals surface area contributed by atoms with E-state index in [1.807, 2.05) is 26.0 Å². The molecule has 1 aliphatic heterocycles. The van der Waals surface area contributed by atoms with Gasteiger partial charge in [-0.2, -0.15) is 0 Å². The van der Waals surface area contributed by atoms with Crippen molar-refractivity contribution in [2.24, 2.45) is 5.92 Å². The highest BCUT2D eigenvalue weighted by atomic mass is 35.5. The van der Waals surface area contributed by atoms with Crippen LogP contribution < -0.4 is 16.0 Å². The topological polar surface area (TPSA) is 122 Å². The van der Waals surface area contributed by atoms with Gasteiger partial charge in [0.2, 0.25) is 5.91 Å². The highest BCUT2D eigenvalue weighted by Crippen LogP contribution is 2.33. The Labute approximate surface area is 220 Å². The fraction of sp³-hybridized carbons (Fsp3) is 0.296. The molecule has 0 radical (unpaired) electrons. The number of aromatic nitrogens is 2.